The highest BCUT2D eigenvalue weighted by atomic mass is 127. The lowest BCUT2D eigenvalue weighted by molar-refractivity contribution is 0.0513. The number of carbonyl (C=O) groups excluding carboxylic acids is 1. The minimum absolute atomic E-state index is 0.141. The van der Waals surface area contributed by atoms with Gasteiger partial charge in [0, 0.05) is 5.56 Å². The fraction of sp³-hybridized carbons (Fsp3) is 0.333. The molecule has 0 saturated carbocycles. The van der Waals surface area contributed by atoms with Gasteiger partial charge in [-0.25, -0.2) is 18.6 Å². The van der Waals surface area contributed by atoms with Gasteiger partial charge in [0.1, 0.15) is 13.0 Å². The highest BCUT2D eigenvalue weighted by molar-refractivity contribution is 14.1. The van der Waals surface area contributed by atoms with Crippen LogP contribution in [0.5, 0.6) is 0 Å². The smallest absolute Gasteiger partial charge is 0.341 e. The van der Waals surface area contributed by atoms with Gasteiger partial charge in [-0.15, -0.1) is 0 Å². The second-order valence-electron chi connectivity index (χ2n) is 2.72. The van der Waals surface area contributed by atoms with E-state index in [1.807, 2.05) is 22.6 Å². The normalized spacial score (nSPS) is 10.6. The number of hydrogen-bond acceptors (Lipinski definition) is 3. The SMILES string of the molecule is CCOC(=O)c1c(C(F)F)cc(I)nc1I. The van der Waals surface area contributed by atoms with Crippen LogP contribution in [-0.2, 0) is 4.74 Å². The summed E-state index contributed by atoms with van der Waals surface area (Å²) in [5.41, 5.74) is -0.472. The maximum absolute atomic E-state index is 12.7. The van der Waals surface area contributed by atoms with Crippen molar-refractivity contribution in [1.82, 2.24) is 4.98 Å². The fourth-order valence-corrected chi connectivity index (χ4v) is 2.91. The van der Waals surface area contributed by atoms with Gasteiger partial charge in [-0.05, 0) is 58.2 Å². The number of ether oxygens (including phenoxy) is 1. The predicted octanol–water partition coefficient (Wildman–Crippen LogP) is 3.41. The third-order valence-corrected chi connectivity index (χ3v) is 3.02. The summed E-state index contributed by atoms with van der Waals surface area (Å²) in [6.45, 7) is 1.76. The van der Waals surface area contributed by atoms with E-state index < -0.39 is 12.4 Å². The Kier molecular flexibility index (Phi) is 5.28. The molecule has 0 amide bonds. The topological polar surface area (TPSA) is 39.2 Å². The lowest BCUT2D eigenvalue weighted by Gasteiger charge is -2.10. The molecule has 0 fully saturated rings. The van der Waals surface area contributed by atoms with E-state index in [1.54, 1.807) is 29.5 Å². The van der Waals surface area contributed by atoms with E-state index in [2.05, 4.69) is 4.98 Å². The van der Waals surface area contributed by atoms with Crippen LogP contribution in [0.25, 0.3) is 0 Å². The molecule has 1 aromatic rings. The number of carbonyl (C=O) groups is 1. The Hall–Kier alpha value is -0.0600. The molecule has 3 nitrogen and oxygen atoms in total. The van der Waals surface area contributed by atoms with E-state index in [9.17, 15) is 13.6 Å². The molecule has 0 spiro atoms. The summed E-state index contributed by atoms with van der Waals surface area (Å²) in [4.78, 5) is 15.5. The van der Waals surface area contributed by atoms with Crippen LogP contribution < -0.4 is 0 Å². The first kappa shape index (κ1) is 14.0. The third-order valence-electron chi connectivity index (χ3n) is 1.69. The van der Waals surface area contributed by atoms with Gasteiger partial charge in [-0.1, -0.05) is 0 Å². The molecule has 0 bridgehead atoms. The summed E-state index contributed by atoms with van der Waals surface area (Å²) < 4.78 is 30.9. The van der Waals surface area contributed by atoms with Gasteiger partial charge in [0.05, 0.1) is 6.61 Å². The Balaban J connectivity index is 3.29. The summed E-state index contributed by atoms with van der Waals surface area (Å²) in [5.74, 6) is -0.758. The average molecular weight is 453 g/mol. The highest BCUT2D eigenvalue weighted by Gasteiger charge is 2.24. The highest BCUT2D eigenvalue weighted by Crippen LogP contribution is 2.27. The number of halogens is 4. The van der Waals surface area contributed by atoms with Crippen LogP contribution in [0, 0.1) is 7.40 Å². The molecular weight excluding hydrogens is 446 g/mol. The fourth-order valence-electron chi connectivity index (χ4n) is 1.08. The number of pyridine rings is 1. The molecule has 0 aromatic carbocycles. The number of nitrogens with zero attached hydrogens (tertiary/aromatic N) is 1. The van der Waals surface area contributed by atoms with Gasteiger partial charge < -0.3 is 4.74 Å². The zero-order valence-corrected chi connectivity index (χ0v) is 12.5. The lowest BCUT2D eigenvalue weighted by atomic mass is 10.1. The average Bonchev–Trinajstić information content (AvgIpc) is 2.16. The Morgan fingerprint density at radius 2 is 2.19 bits per heavy atom. The maximum atomic E-state index is 12.7. The number of rotatable bonds is 3. The van der Waals surface area contributed by atoms with Crippen LogP contribution in [-0.4, -0.2) is 17.6 Å². The molecular formula is C9H7F2I2NO2. The van der Waals surface area contributed by atoms with Gasteiger partial charge in [-0.2, -0.15) is 0 Å². The molecule has 0 unspecified atom stereocenters. The molecule has 1 rings (SSSR count). The maximum Gasteiger partial charge on any atom is 0.341 e. The van der Waals surface area contributed by atoms with Crippen molar-refractivity contribution in [3.05, 3.63) is 24.6 Å². The van der Waals surface area contributed by atoms with E-state index in [-0.39, 0.29) is 21.4 Å². The summed E-state index contributed by atoms with van der Waals surface area (Å²) in [6, 6.07) is 1.19. The summed E-state index contributed by atoms with van der Waals surface area (Å²) in [6.07, 6.45) is -2.72. The van der Waals surface area contributed by atoms with E-state index in [4.69, 9.17) is 4.74 Å². The molecule has 0 saturated heterocycles. The van der Waals surface area contributed by atoms with Crippen molar-refractivity contribution >= 4 is 51.2 Å². The minimum atomic E-state index is -2.72. The minimum Gasteiger partial charge on any atom is -0.462 e. The molecule has 7 heteroatoms. The molecule has 16 heavy (non-hydrogen) atoms. The van der Waals surface area contributed by atoms with E-state index in [0.717, 1.165) is 0 Å². The summed E-state index contributed by atoms with van der Waals surface area (Å²) in [7, 11) is 0. The van der Waals surface area contributed by atoms with Gasteiger partial charge >= 0.3 is 5.97 Å². The van der Waals surface area contributed by atoms with Crippen LogP contribution in [0.3, 0.4) is 0 Å². The number of hydrogen-bond donors (Lipinski definition) is 0. The molecule has 0 atom stereocenters. The van der Waals surface area contributed by atoms with Crippen LogP contribution >= 0.6 is 45.2 Å². The van der Waals surface area contributed by atoms with Crippen LogP contribution in [0.15, 0.2) is 6.07 Å². The monoisotopic (exact) mass is 453 g/mol. The first-order valence-electron chi connectivity index (χ1n) is 4.28. The molecule has 88 valence electrons. The Morgan fingerprint density at radius 1 is 1.56 bits per heavy atom. The molecule has 0 aliphatic rings. The van der Waals surface area contributed by atoms with Crippen LogP contribution in [0.2, 0.25) is 0 Å². The number of esters is 1. The van der Waals surface area contributed by atoms with Gasteiger partial charge in [0.15, 0.2) is 0 Å². The Bertz CT molecular complexity index is 413. The van der Waals surface area contributed by atoms with Gasteiger partial charge in [-0.3, -0.25) is 0 Å². The zero-order chi connectivity index (χ0) is 12.3. The molecule has 0 aliphatic carbocycles. The van der Waals surface area contributed by atoms with E-state index in [1.165, 1.54) is 6.07 Å². The molecule has 0 N–H and O–H groups in total. The molecule has 1 aromatic heterocycles. The quantitative estimate of drug-likeness (QED) is 0.401. The van der Waals surface area contributed by atoms with E-state index in [0.29, 0.717) is 3.70 Å². The number of alkyl halides is 2. The van der Waals surface area contributed by atoms with Crippen LogP contribution in [0.4, 0.5) is 8.78 Å². The van der Waals surface area contributed by atoms with Crippen molar-refractivity contribution in [2.45, 2.75) is 13.3 Å². The first-order valence-corrected chi connectivity index (χ1v) is 6.44. The Labute approximate surface area is 118 Å². The zero-order valence-electron chi connectivity index (χ0n) is 8.14. The van der Waals surface area contributed by atoms with Crippen molar-refractivity contribution in [3.63, 3.8) is 0 Å². The largest absolute Gasteiger partial charge is 0.462 e. The van der Waals surface area contributed by atoms with Crippen molar-refractivity contribution in [2.24, 2.45) is 0 Å². The standard InChI is InChI=1S/C9H7F2I2NO2/c1-2-16-9(15)6-4(7(10)11)3-5(12)14-8(6)13/h3,7H,2H2,1H3. The second kappa shape index (κ2) is 6.03. The van der Waals surface area contributed by atoms with Gasteiger partial charge in [0.2, 0.25) is 0 Å². The van der Waals surface area contributed by atoms with E-state index >= 15 is 0 Å². The summed E-state index contributed by atoms with van der Waals surface area (Å²) in [5, 5.41) is 0. The van der Waals surface area contributed by atoms with Crippen molar-refractivity contribution in [3.8, 4) is 0 Å². The third kappa shape index (κ3) is 3.22. The lowest BCUT2D eigenvalue weighted by Crippen LogP contribution is -2.12. The number of aromatic nitrogens is 1. The first-order chi connectivity index (χ1) is 7.47. The van der Waals surface area contributed by atoms with Crippen molar-refractivity contribution < 1.29 is 18.3 Å². The van der Waals surface area contributed by atoms with Crippen molar-refractivity contribution in [2.75, 3.05) is 6.61 Å². The Morgan fingerprint density at radius 3 is 2.69 bits per heavy atom. The van der Waals surface area contributed by atoms with Gasteiger partial charge in [0.25, 0.3) is 6.43 Å². The molecule has 1 heterocycles. The molecule has 0 aliphatic heterocycles. The molecule has 0 radical (unpaired) electrons. The summed E-state index contributed by atoms with van der Waals surface area (Å²) >= 11 is 3.57. The second-order valence-corrected chi connectivity index (χ2v) is 4.85. The van der Waals surface area contributed by atoms with Crippen LogP contribution in [0.1, 0.15) is 29.3 Å². The predicted molar refractivity (Wildman–Crippen MR) is 70.6 cm³/mol. The van der Waals surface area contributed by atoms with Crippen molar-refractivity contribution in [1.29, 1.82) is 0 Å².